The molecule has 0 aromatic heterocycles. The monoisotopic (exact) mass is 438 g/mol. The summed E-state index contributed by atoms with van der Waals surface area (Å²) in [5, 5.41) is 2.16. The Balaban J connectivity index is 1.95. The molecule has 1 saturated heterocycles. The van der Waals surface area contributed by atoms with Gasteiger partial charge in [-0.25, -0.2) is 14.5 Å². The molecule has 0 unspecified atom stereocenters. The van der Waals surface area contributed by atoms with Crippen LogP contribution in [0.25, 0.3) is 6.08 Å². The van der Waals surface area contributed by atoms with E-state index < -0.39 is 23.8 Å². The predicted molar refractivity (Wildman–Crippen MR) is 116 cm³/mol. The van der Waals surface area contributed by atoms with Crippen LogP contribution in [-0.2, 0) is 14.3 Å². The number of rotatable bonds is 7. The van der Waals surface area contributed by atoms with Gasteiger partial charge in [0.1, 0.15) is 5.57 Å². The predicted octanol–water partition coefficient (Wildman–Crippen LogP) is 2.94. The van der Waals surface area contributed by atoms with Gasteiger partial charge in [0.2, 0.25) is 0 Å². The Kier molecular flexibility index (Phi) is 6.89. The topological polar surface area (TPSA) is 111 Å². The van der Waals surface area contributed by atoms with E-state index in [1.54, 1.807) is 18.2 Å². The molecule has 1 aliphatic heterocycles. The maximum absolute atomic E-state index is 13.0. The largest absolute Gasteiger partial charge is 0.490 e. The molecular weight excluding hydrogens is 416 g/mol. The minimum Gasteiger partial charge on any atom is -0.490 e. The number of imide groups is 2. The molecule has 3 rings (SSSR count). The van der Waals surface area contributed by atoms with Crippen molar-refractivity contribution >= 4 is 35.6 Å². The summed E-state index contributed by atoms with van der Waals surface area (Å²) in [7, 11) is 1.25. The SMILES string of the molecule is CCOc1ccc(/C=C2\C(=O)NC(=O)N(c3ccc(C(=O)OC)cc3)C2=O)cc1OCC. The number of nitrogens with zero attached hydrogens (tertiary/aromatic N) is 1. The molecule has 0 atom stereocenters. The Labute approximate surface area is 184 Å². The summed E-state index contributed by atoms with van der Waals surface area (Å²) in [6, 6.07) is 9.79. The number of anilines is 1. The first-order valence-electron chi connectivity index (χ1n) is 9.89. The second kappa shape index (κ2) is 9.78. The lowest BCUT2D eigenvalue weighted by Crippen LogP contribution is -2.54. The lowest BCUT2D eigenvalue weighted by Gasteiger charge is -2.26. The summed E-state index contributed by atoms with van der Waals surface area (Å²) in [5.74, 6) is -1.15. The minimum absolute atomic E-state index is 0.195. The normalized spacial score (nSPS) is 14.9. The van der Waals surface area contributed by atoms with Gasteiger partial charge in [-0.1, -0.05) is 6.07 Å². The zero-order valence-corrected chi connectivity index (χ0v) is 17.8. The van der Waals surface area contributed by atoms with Crippen molar-refractivity contribution in [2.45, 2.75) is 13.8 Å². The van der Waals surface area contributed by atoms with E-state index in [1.807, 2.05) is 13.8 Å². The first-order valence-corrected chi connectivity index (χ1v) is 9.89. The fourth-order valence-corrected chi connectivity index (χ4v) is 3.08. The van der Waals surface area contributed by atoms with Gasteiger partial charge in [0.25, 0.3) is 11.8 Å². The van der Waals surface area contributed by atoms with Gasteiger partial charge in [-0.2, -0.15) is 0 Å². The Hall–Kier alpha value is -4.14. The molecule has 0 radical (unpaired) electrons. The molecule has 4 amide bonds. The van der Waals surface area contributed by atoms with Gasteiger partial charge in [0, 0.05) is 0 Å². The highest BCUT2D eigenvalue weighted by Crippen LogP contribution is 2.30. The van der Waals surface area contributed by atoms with Crippen molar-refractivity contribution in [2.75, 3.05) is 25.2 Å². The van der Waals surface area contributed by atoms with Crippen molar-refractivity contribution in [3.8, 4) is 11.5 Å². The molecule has 1 N–H and O–H groups in total. The number of benzene rings is 2. The van der Waals surface area contributed by atoms with Gasteiger partial charge in [0.15, 0.2) is 11.5 Å². The van der Waals surface area contributed by atoms with Crippen LogP contribution in [-0.4, -0.2) is 44.1 Å². The second-order valence-corrected chi connectivity index (χ2v) is 6.57. The molecular formula is C23H22N2O7. The van der Waals surface area contributed by atoms with Crippen molar-refractivity contribution < 1.29 is 33.4 Å². The van der Waals surface area contributed by atoms with E-state index in [0.29, 0.717) is 30.3 Å². The number of hydrogen-bond acceptors (Lipinski definition) is 7. The van der Waals surface area contributed by atoms with Gasteiger partial charge in [-0.15, -0.1) is 0 Å². The summed E-state index contributed by atoms with van der Waals surface area (Å²) < 4.78 is 15.7. The van der Waals surface area contributed by atoms with E-state index in [0.717, 1.165) is 4.90 Å². The number of esters is 1. The third-order valence-corrected chi connectivity index (χ3v) is 4.53. The molecule has 1 aliphatic rings. The zero-order chi connectivity index (χ0) is 23.3. The molecule has 0 saturated carbocycles. The summed E-state index contributed by atoms with van der Waals surface area (Å²) in [4.78, 5) is 50.2. The number of methoxy groups -OCH3 is 1. The third kappa shape index (κ3) is 4.61. The fraction of sp³-hybridized carbons (Fsp3) is 0.217. The molecule has 2 aromatic carbocycles. The molecule has 0 spiro atoms. The Bertz CT molecular complexity index is 1090. The van der Waals surface area contributed by atoms with E-state index >= 15 is 0 Å². The number of amides is 4. The van der Waals surface area contributed by atoms with Crippen molar-refractivity contribution in [1.29, 1.82) is 0 Å². The Morgan fingerprint density at radius 3 is 2.25 bits per heavy atom. The van der Waals surface area contributed by atoms with Gasteiger partial charge < -0.3 is 14.2 Å². The molecule has 1 heterocycles. The molecule has 0 bridgehead atoms. The van der Waals surface area contributed by atoms with Crippen molar-refractivity contribution in [3.63, 3.8) is 0 Å². The number of urea groups is 1. The highest BCUT2D eigenvalue weighted by atomic mass is 16.5. The standard InChI is InChI=1S/C23H22N2O7/c1-4-31-18-11-6-14(13-19(18)32-5-2)12-17-20(26)24-23(29)25(21(17)27)16-9-7-15(8-10-16)22(28)30-3/h6-13H,4-5H2,1-3H3,(H,24,26,29)/b17-12+. The van der Waals surface area contributed by atoms with E-state index in [9.17, 15) is 19.2 Å². The smallest absolute Gasteiger partial charge is 0.337 e. The van der Waals surface area contributed by atoms with Crippen LogP contribution in [0.15, 0.2) is 48.0 Å². The van der Waals surface area contributed by atoms with Crippen LogP contribution in [0.2, 0.25) is 0 Å². The quantitative estimate of drug-likeness (QED) is 0.402. The highest BCUT2D eigenvalue weighted by molar-refractivity contribution is 6.39. The van der Waals surface area contributed by atoms with E-state index in [-0.39, 0.29) is 16.8 Å². The second-order valence-electron chi connectivity index (χ2n) is 6.57. The maximum Gasteiger partial charge on any atom is 0.337 e. The third-order valence-electron chi connectivity index (χ3n) is 4.53. The summed E-state index contributed by atoms with van der Waals surface area (Å²) in [6.07, 6.45) is 1.37. The Morgan fingerprint density at radius 1 is 0.969 bits per heavy atom. The number of hydrogen-bond donors (Lipinski definition) is 1. The number of ether oxygens (including phenoxy) is 3. The summed E-state index contributed by atoms with van der Waals surface area (Å²) >= 11 is 0. The number of barbiturate groups is 1. The lowest BCUT2D eigenvalue weighted by atomic mass is 10.1. The van der Waals surface area contributed by atoms with Crippen LogP contribution in [0.4, 0.5) is 10.5 Å². The van der Waals surface area contributed by atoms with Gasteiger partial charge in [0.05, 0.1) is 31.6 Å². The molecule has 2 aromatic rings. The highest BCUT2D eigenvalue weighted by Gasteiger charge is 2.36. The lowest BCUT2D eigenvalue weighted by molar-refractivity contribution is -0.122. The Morgan fingerprint density at radius 2 is 1.62 bits per heavy atom. The molecule has 0 aliphatic carbocycles. The van der Waals surface area contributed by atoms with Gasteiger partial charge >= 0.3 is 12.0 Å². The molecule has 32 heavy (non-hydrogen) atoms. The maximum atomic E-state index is 13.0. The minimum atomic E-state index is -0.885. The van der Waals surface area contributed by atoms with Crippen LogP contribution in [0.5, 0.6) is 11.5 Å². The first-order chi connectivity index (χ1) is 15.4. The van der Waals surface area contributed by atoms with Crippen LogP contribution in [0, 0.1) is 0 Å². The fourth-order valence-electron chi connectivity index (χ4n) is 3.08. The average Bonchev–Trinajstić information content (AvgIpc) is 2.78. The number of carbonyl (C=O) groups is 4. The van der Waals surface area contributed by atoms with Crippen LogP contribution >= 0.6 is 0 Å². The molecule has 1 fully saturated rings. The van der Waals surface area contributed by atoms with Crippen molar-refractivity contribution in [1.82, 2.24) is 5.32 Å². The number of nitrogens with one attached hydrogen (secondary N) is 1. The van der Waals surface area contributed by atoms with Crippen LogP contribution < -0.4 is 19.7 Å². The van der Waals surface area contributed by atoms with E-state index in [2.05, 4.69) is 10.1 Å². The molecule has 9 heteroatoms. The van der Waals surface area contributed by atoms with Crippen molar-refractivity contribution in [2.24, 2.45) is 0 Å². The van der Waals surface area contributed by atoms with Crippen molar-refractivity contribution in [3.05, 3.63) is 59.2 Å². The van der Waals surface area contributed by atoms with Gasteiger partial charge in [-0.05, 0) is 61.9 Å². The summed E-state index contributed by atoms with van der Waals surface area (Å²) in [6.45, 7) is 4.53. The number of carbonyl (C=O) groups excluding carboxylic acids is 4. The van der Waals surface area contributed by atoms with E-state index in [4.69, 9.17) is 9.47 Å². The zero-order valence-electron chi connectivity index (χ0n) is 17.8. The van der Waals surface area contributed by atoms with Gasteiger partial charge in [-0.3, -0.25) is 14.9 Å². The molecule has 9 nitrogen and oxygen atoms in total. The summed E-state index contributed by atoms with van der Waals surface area (Å²) in [5.41, 5.74) is 0.741. The van der Waals surface area contributed by atoms with Crippen LogP contribution in [0.1, 0.15) is 29.8 Å². The van der Waals surface area contributed by atoms with Crippen LogP contribution in [0.3, 0.4) is 0 Å². The molecule has 166 valence electrons. The van der Waals surface area contributed by atoms with E-state index in [1.165, 1.54) is 37.5 Å². The average molecular weight is 438 g/mol. The first kappa shape index (κ1) is 22.5.